The predicted molar refractivity (Wildman–Crippen MR) is 204 cm³/mol. The lowest BCUT2D eigenvalue weighted by Gasteiger charge is -2.20. The van der Waals surface area contributed by atoms with E-state index in [4.69, 9.17) is 14.8 Å². The van der Waals surface area contributed by atoms with E-state index < -0.39 is 0 Å². The standard InChI is InChI=1S/C44H46N4O/c1-8-9-13-32-16-19-40-39(25-32)38-18-17-36(27-41(38)47(40)42-22-29(2)20-21-45-42)49-37-24-33(28-44(5,6)7)23-35(26-37)48-31(4)43(30(3)46-48)34-14-11-10-12-15-34/h10-12,14-27H,8-9,13,28H2,1-7H3. The minimum atomic E-state index is 0.108. The average molecular weight is 647 g/mol. The Bertz CT molecular complexity index is 2280. The monoisotopic (exact) mass is 646 g/mol. The predicted octanol–water partition coefficient (Wildman–Crippen LogP) is 11.7. The van der Waals surface area contributed by atoms with Gasteiger partial charge in [0.2, 0.25) is 0 Å². The smallest absolute Gasteiger partial charge is 0.137 e. The molecule has 0 fully saturated rings. The van der Waals surface area contributed by atoms with Gasteiger partial charge in [-0.15, -0.1) is 0 Å². The van der Waals surface area contributed by atoms with E-state index in [1.807, 2.05) is 12.3 Å². The topological polar surface area (TPSA) is 44.9 Å². The van der Waals surface area contributed by atoms with Gasteiger partial charge in [-0.2, -0.15) is 5.10 Å². The first kappa shape index (κ1) is 32.4. The Morgan fingerprint density at radius 3 is 2.31 bits per heavy atom. The van der Waals surface area contributed by atoms with E-state index in [1.165, 1.54) is 51.4 Å². The van der Waals surface area contributed by atoms with E-state index in [0.29, 0.717) is 0 Å². The van der Waals surface area contributed by atoms with Gasteiger partial charge in [0.15, 0.2) is 0 Å². The summed E-state index contributed by atoms with van der Waals surface area (Å²) >= 11 is 0. The van der Waals surface area contributed by atoms with Crippen LogP contribution in [0.2, 0.25) is 0 Å². The van der Waals surface area contributed by atoms with Gasteiger partial charge in [0.1, 0.15) is 17.3 Å². The molecular weight excluding hydrogens is 601 g/mol. The zero-order valence-corrected chi connectivity index (χ0v) is 29.8. The Morgan fingerprint density at radius 1 is 0.735 bits per heavy atom. The summed E-state index contributed by atoms with van der Waals surface area (Å²) in [6.45, 7) is 15.4. The highest BCUT2D eigenvalue weighted by Crippen LogP contribution is 2.37. The molecule has 0 unspecified atom stereocenters. The number of fused-ring (bicyclic) bond motifs is 3. The van der Waals surface area contributed by atoms with Crippen molar-refractivity contribution in [1.29, 1.82) is 0 Å². The Labute approximate surface area is 290 Å². The number of aromatic nitrogens is 4. The van der Waals surface area contributed by atoms with Crippen LogP contribution in [0.5, 0.6) is 11.5 Å². The molecule has 3 aromatic heterocycles. The fraction of sp³-hybridized carbons (Fsp3) is 0.273. The maximum Gasteiger partial charge on any atom is 0.137 e. The second-order valence-corrected chi connectivity index (χ2v) is 14.7. The molecule has 0 radical (unpaired) electrons. The maximum atomic E-state index is 6.78. The van der Waals surface area contributed by atoms with Gasteiger partial charge in [-0.3, -0.25) is 4.57 Å². The first-order chi connectivity index (χ1) is 23.6. The number of benzene rings is 4. The number of aryl methyl sites for hydroxylation is 3. The molecule has 0 aliphatic heterocycles. The van der Waals surface area contributed by atoms with Gasteiger partial charge >= 0.3 is 0 Å². The molecule has 49 heavy (non-hydrogen) atoms. The Balaban J connectivity index is 1.34. The normalized spacial score (nSPS) is 11.9. The van der Waals surface area contributed by atoms with Crippen LogP contribution in [0.3, 0.4) is 0 Å². The lowest BCUT2D eigenvalue weighted by molar-refractivity contribution is 0.409. The molecule has 5 heteroatoms. The first-order valence-corrected chi connectivity index (χ1v) is 17.5. The van der Waals surface area contributed by atoms with E-state index >= 15 is 0 Å². The molecule has 0 N–H and O–H groups in total. The number of ether oxygens (including phenoxy) is 1. The summed E-state index contributed by atoms with van der Waals surface area (Å²) in [6.07, 6.45) is 6.25. The van der Waals surface area contributed by atoms with Crippen LogP contribution in [0, 0.1) is 26.2 Å². The van der Waals surface area contributed by atoms with Gasteiger partial charge in [0.05, 0.1) is 22.4 Å². The fourth-order valence-electron chi connectivity index (χ4n) is 7.13. The largest absolute Gasteiger partial charge is 0.457 e. The lowest BCUT2D eigenvalue weighted by Crippen LogP contribution is -2.10. The zero-order valence-electron chi connectivity index (χ0n) is 29.8. The van der Waals surface area contributed by atoms with Crippen LogP contribution in [-0.2, 0) is 12.8 Å². The molecule has 4 aromatic carbocycles. The van der Waals surface area contributed by atoms with E-state index in [1.54, 1.807) is 0 Å². The molecule has 5 nitrogen and oxygen atoms in total. The Kier molecular flexibility index (Phi) is 8.62. The molecule has 0 bridgehead atoms. The van der Waals surface area contributed by atoms with Crippen molar-refractivity contribution in [1.82, 2.24) is 19.3 Å². The molecule has 248 valence electrons. The fourth-order valence-corrected chi connectivity index (χ4v) is 7.13. The maximum absolute atomic E-state index is 6.78. The molecule has 0 aliphatic carbocycles. The number of unbranched alkanes of at least 4 members (excludes halogenated alkanes) is 1. The third-order valence-electron chi connectivity index (χ3n) is 9.27. The van der Waals surface area contributed by atoms with Crippen LogP contribution in [-0.4, -0.2) is 19.3 Å². The summed E-state index contributed by atoms with van der Waals surface area (Å²) in [7, 11) is 0. The van der Waals surface area contributed by atoms with Crippen molar-refractivity contribution in [2.45, 2.75) is 74.1 Å². The van der Waals surface area contributed by atoms with E-state index in [-0.39, 0.29) is 5.41 Å². The minimum Gasteiger partial charge on any atom is -0.457 e. The highest BCUT2D eigenvalue weighted by Gasteiger charge is 2.19. The van der Waals surface area contributed by atoms with Crippen molar-refractivity contribution >= 4 is 21.8 Å². The molecule has 0 amide bonds. The average Bonchev–Trinajstić information content (AvgIpc) is 3.55. The minimum absolute atomic E-state index is 0.108. The second kappa shape index (κ2) is 13.0. The van der Waals surface area contributed by atoms with Gasteiger partial charge in [-0.25, -0.2) is 9.67 Å². The Morgan fingerprint density at radius 2 is 1.55 bits per heavy atom. The highest BCUT2D eigenvalue weighted by atomic mass is 16.5. The number of hydrogen-bond donors (Lipinski definition) is 0. The number of nitrogens with zero attached hydrogens (tertiary/aromatic N) is 4. The van der Waals surface area contributed by atoms with Gasteiger partial charge in [0.25, 0.3) is 0 Å². The van der Waals surface area contributed by atoms with Gasteiger partial charge in [0, 0.05) is 40.4 Å². The molecular formula is C44H46N4O. The summed E-state index contributed by atoms with van der Waals surface area (Å²) in [5, 5.41) is 7.48. The molecule has 0 aliphatic rings. The summed E-state index contributed by atoms with van der Waals surface area (Å²) in [5.41, 5.74) is 11.6. The van der Waals surface area contributed by atoms with Crippen molar-refractivity contribution in [3.8, 4) is 34.1 Å². The lowest BCUT2D eigenvalue weighted by atomic mass is 9.88. The number of hydrogen-bond acceptors (Lipinski definition) is 3. The quantitative estimate of drug-likeness (QED) is 0.157. The zero-order chi connectivity index (χ0) is 34.3. The van der Waals surface area contributed by atoms with Crippen molar-refractivity contribution in [2.75, 3.05) is 0 Å². The third-order valence-corrected chi connectivity index (χ3v) is 9.27. The summed E-state index contributed by atoms with van der Waals surface area (Å²) in [4.78, 5) is 4.81. The molecule has 0 atom stereocenters. The second-order valence-electron chi connectivity index (χ2n) is 14.7. The van der Waals surface area contributed by atoms with Crippen molar-refractivity contribution in [3.63, 3.8) is 0 Å². The number of pyridine rings is 1. The molecule has 7 rings (SSSR count). The van der Waals surface area contributed by atoms with Crippen molar-refractivity contribution < 1.29 is 4.74 Å². The van der Waals surface area contributed by atoms with E-state index in [0.717, 1.165) is 58.3 Å². The molecule has 7 aromatic rings. The van der Waals surface area contributed by atoms with Crippen LogP contribution in [0.15, 0.2) is 103 Å². The Hall–Kier alpha value is -5.16. The number of rotatable bonds is 9. The van der Waals surface area contributed by atoms with Crippen LogP contribution in [0.4, 0.5) is 0 Å². The molecule has 0 saturated carbocycles. The molecule has 3 heterocycles. The third kappa shape index (κ3) is 6.63. The highest BCUT2D eigenvalue weighted by molar-refractivity contribution is 6.09. The summed E-state index contributed by atoms with van der Waals surface area (Å²) in [5.74, 6) is 2.49. The van der Waals surface area contributed by atoms with Crippen LogP contribution < -0.4 is 4.74 Å². The van der Waals surface area contributed by atoms with Gasteiger partial charge in [-0.1, -0.05) is 70.5 Å². The van der Waals surface area contributed by atoms with E-state index in [2.05, 4.69) is 149 Å². The van der Waals surface area contributed by atoms with Crippen molar-refractivity contribution in [3.05, 3.63) is 131 Å². The van der Waals surface area contributed by atoms with Crippen LogP contribution in [0.25, 0.3) is 44.4 Å². The molecule has 0 saturated heterocycles. The SMILES string of the molecule is CCCCc1ccc2c(c1)c1ccc(Oc3cc(CC(C)(C)C)cc(-n4nc(C)c(-c5ccccc5)c4C)c3)cc1n2-c1cc(C)ccn1. The molecule has 0 spiro atoms. The first-order valence-electron chi connectivity index (χ1n) is 17.5. The van der Waals surface area contributed by atoms with E-state index in [9.17, 15) is 0 Å². The van der Waals surface area contributed by atoms with Crippen LogP contribution >= 0.6 is 0 Å². The van der Waals surface area contributed by atoms with Crippen molar-refractivity contribution in [2.24, 2.45) is 5.41 Å². The van der Waals surface area contributed by atoms with Gasteiger partial charge in [-0.05, 0) is 116 Å². The summed E-state index contributed by atoms with van der Waals surface area (Å²) < 4.78 is 11.1. The summed E-state index contributed by atoms with van der Waals surface area (Å²) in [6, 6.07) is 34.6. The van der Waals surface area contributed by atoms with Gasteiger partial charge < -0.3 is 4.74 Å². The van der Waals surface area contributed by atoms with Crippen LogP contribution in [0.1, 0.15) is 68.6 Å².